The quantitative estimate of drug-likeness (QED) is 0.574. The summed E-state index contributed by atoms with van der Waals surface area (Å²) in [7, 11) is 1.94. The summed E-state index contributed by atoms with van der Waals surface area (Å²) in [4.78, 5) is 15.8. The number of thiophene rings is 1. The third-order valence-corrected chi connectivity index (χ3v) is 6.10. The highest BCUT2D eigenvalue weighted by atomic mass is 32.2. The first-order valence-corrected chi connectivity index (χ1v) is 10.3. The molecule has 0 radical (unpaired) electrons. The lowest BCUT2D eigenvalue weighted by atomic mass is 10.2. The first kappa shape index (κ1) is 18.7. The van der Waals surface area contributed by atoms with Crippen molar-refractivity contribution in [3.63, 3.8) is 0 Å². The molecule has 0 saturated heterocycles. The van der Waals surface area contributed by atoms with Crippen LogP contribution in [-0.4, -0.2) is 37.4 Å². The Hall–Kier alpha value is -2.12. The molecule has 0 saturated carbocycles. The molecular weight excluding hydrogens is 364 g/mol. The van der Waals surface area contributed by atoms with E-state index in [-0.39, 0.29) is 11.2 Å². The van der Waals surface area contributed by atoms with Crippen LogP contribution < -0.4 is 0 Å². The minimum absolute atomic E-state index is 0.113. The van der Waals surface area contributed by atoms with Crippen molar-refractivity contribution in [2.24, 2.45) is 7.05 Å². The summed E-state index contributed by atoms with van der Waals surface area (Å²) in [5.41, 5.74) is 1.14. The fraction of sp³-hybridized carbons (Fsp3) is 0.316. The maximum absolute atomic E-state index is 12.9. The second-order valence-corrected chi connectivity index (χ2v) is 8.20. The van der Waals surface area contributed by atoms with Gasteiger partial charge in [0, 0.05) is 20.1 Å². The first-order chi connectivity index (χ1) is 12.6. The molecule has 3 rings (SSSR count). The molecule has 7 heteroatoms. The number of benzene rings is 1. The normalized spacial score (nSPS) is 12.1. The Morgan fingerprint density at radius 3 is 2.65 bits per heavy atom. The first-order valence-electron chi connectivity index (χ1n) is 8.52. The molecule has 3 aromatic rings. The van der Waals surface area contributed by atoms with E-state index in [0.29, 0.717) is 13.1 Å². The van der Waals surface area contributed by atoms with Gasteiger partial charge in [0.05, 0.1) is 10.1 Å². The molecule has 0 aliphatic heterocycles. The number of hydrogen-bond donors (Lipinski definition) is 0. The summed E-state index contributed by atoms with van der Waals surface area (Å²) in [5, 5.41) is 11.1. The zero-order valence-corrected chi connectivity index (χ0v) is 16.8. The molecule has 2 aromatic heterocycles. The van der Waals surface area contributed by atoms with Gasteiger partial charge in [-0.2, -0.15) is 0 Å². The van der Waals surface area contributed by atoms with Crippen LogP contribution in [0.3, 0.4) is 0 Å². The summed E-state index contributed by atoms with van der Waals surface area (Å²) in [6.07, 6.45) is 0. The molecule has 1 atom stereocenters. The monoisotopic (exact) mass is 386 g/mol. The van der Waals surface area contributed by atoms with Crippen molar-refractivity contribution in [3.05, 3.63) is 53.4 Å². The fourth-order valence-corrected chi connectivity index (χ4v) is 4.30. The number of hydrogen-bond acceptors (Lipinski definition) is 5. The molecule has 0 fully saturated rings. The highest BCUT2D eigenvalue weighted by Gasteiger charge is 2.23. The highest BCUT2D eigenvalue weighted by Crippen LogP contribution is 2.28. The van der Waals surface area contributed by atoms with Gasteiger partial charge in [0.1, 0.15) is 0 Å². The summed E-state index contributed by atoms with van der Waals surface area (Å²) in [6.45, 7) is 5.24. The molecule has 0 bridgehead atoms. The summed E-state index contributed by atoms with van der Waals surface area (Å²) in [6, 6.07) is 14.1. The van der Waals surface area contributed by atoms with Gasteiger partial charge in [-0.15, -0.1) is 21.5 Å². The molecule has 1 aromatic carbocycles. The Morgan fingerprint density at radius 2 is 2.00 bits per heavy atom. The maximum Gasteiger partial charge on any atom is 0.236 e. The topological polar surface area (TPSA) is 51.0 Å². The predicted octanol–water partition coefficient (Wildman–Crippen LogP) is 4.07. The van der Waals surface area contributed by atoms with Gasteiger partial charge < -0.3 is 9.47 Å². The van der Waals surface area contributed by atoms with Crippen LogP contribution in [0.5, 0.6) is 0 Å². The minimum atomic E-state index is -0.224. The molecule has 1 unspecified atom stereocenters. The van der Waals surface area contributed by atoms with Crippen molar-refractivity contribution in [3.8, 4) is 10.7 Å². The summed E-state index contributed by atoms with van der Waals surface area (Å²) in [5.74, 6) is 0.945. The van der Waals surface area contributed by atoms with E-state index < -0.39 is 0 Å². The van der Waals surface area contributed by atoms with Crippen molar-refractivity contribution in [1.82, 2.24) is 19.7 Å². The van der Waals surface area contributed by atoms with Crippen LogP contribution >= 0.6 is 23.1 Å². The van der Waals surface area contributed by atoms with E-state index in [1.165, 1.54) is 11.8 Å². The minimum Gasteiger partial charge on any atom is -0.338 e. The van der Waals surface area contributed by atoms with Gasteiger partial charge in [-0.1, -0.05) is 48.2 Å². The van der Waals surface area contributed by atoms with Crippen molar-refractivity contribution in [2.75, 3.05) is 6.54 Å². The number of rotatable bonds is 7. The molecule has 26 heavy (non-hydrogen) atoms. The Morgan fingerprint density at radius 1 is 1.23 bits per heavy atom. The van der Waals surface area contributed by atoms with Crippen LogP contribution in [0.25, 0.3) is 10.7 Å². The highest BCUT2D eigenvalue weighted by molar-refractivity contribution is 8.00. The van der Waals surface area contributed by atoms with Crippen molar-refractivity contribution in [1.29, 1.82) is 0 Å². The third-order valence-electron chi connectivity index (χ3n) is 4.12. The van der Waals surface area contributed by atoms with Crippen molar-refractivity contribution < 1.29 is 4.79 Å². The number of thioether (sulfide) groups is 1. The lowest BCUT2D eigenvalue weighted by Gasteiger charge is -2.24. The maximum atomic E-state index is 12.9. The van der Waals surface area contributed by atoms with Crippen molar-refractivity contribution >= 4 is 29.0 Å². The Balaban J connectivity index is 1.69. The van der Waals surface area contributed by atoms with Gasteiger partial charge >= 0.3 is 0 Å². The fourth-order valence-electron chi connectivity index (χ4n) is 2.65. The number of carbonyl (C=O) groups is 1. The van der Waals surface area contributed by atoms with Gasteiger partial charge in [-0.3, -0.25) is 4.79 Å². The second kappa shape index (κ2) is 8.51. The largest absolute Gasteiger partial charge is 0.338 e. The second-order valence-electron chi connectivity index (χ2n) is 5.94. The number of carbonyl (C=O) groups excluding carboxylic acids is 1. The van der Waals surface area contributed by atoms with E-state index in [9.17, 15) is 4.79 Å². The molecule has 136 valence electrons. The van der Waals surface area contributed by atoms with Gasteiger partial charge in [0.2, 0.25) is 5.91 Å². The van der Waals surface area contributed by atoms with E-state index in [1.807, 2.05) is 78.2 Å². The van der Waals surface area contributed by atoms with Gasteiger partial charge in [0.15, 0.2) is 11.0 Å². The summed E-state index contributed by atoms with van der Waals surface area (Å²) < 4.78 is 1.95. The van der Waals surface area contributed by atoms with Crippen LogP contribution in [0.4, 0.5) is 0 Å². The van der Waals surface area contributed by atoms with E-state index >= 15 is 0 Å². The predicted molar refractivity (Wildman–Crippen MR) is 107 cm³/mol. The van der Waals surface area contributed by atoms with Crippen LogP contribution in [-0.2, 0) is 18.4 Å². The van der Waals surface area contributed by atoms with E-state index in [0.717, 1.165) is 21.4 Å². The molecule has 0 spiro atoms. The molecule has 0 aliphatic rings. The standard InChI is InChI=1S/C19H22N4OS2/c1-4-23(13-15-9-6-5-7-10-15)18(24)14(2)26-19-21-20-17(22(19)3)16-11-8-12-25-16/h5-12,14H,4,13H2,1-3H3. The zero-order valence-electron chi connectivity index (χ0n) is 15.1. The smallest absolute Gasteiger partial charge is 0.236 e. The number of amides is 1. The van der Waals surface area contributed by atoms with Crippen LogP contribution in [0.15, 0.2) is 53.0 Å². The van der Waals surface area contributed by atoms with Gasteiger partial charge in [-0.25, -0.2) is 0 Å². The lowest BCUT2D eigenvalue weighted by molar-refractivity contribution is -0.130. The molecule has 5 nitrogen and oxygen atoms in total. The SMILES string of the molecule is CCN(Cc1ccccc1)C(=O)C(C)Sc1nnc(-c2cccs2)n1C. The average Bonchev–Trinajstić information content (AvgIpc) is 3.30. The molecule has 0 aliphatic carbocycles. The molecule has 1 amide bonds. The van der Waals surface area contributed by atoms with E-state index in [4.69, 9.17) is 0 Å². The Bertz CT molecular complexity index is 846. The van der Waals surface area contributed by atoms with Crippen LogP contribution in [0.2, 0.25) is 0 Å². The molecule has 0 N–H and O–H groups in total. The number of nitrogens with zero attached hydrogens (tertiary/aromatic N) is 4. The molecular formula is C19H22N4OS2. The van der Waals surface area contributed by atoms with E-state index in [1.54, 1.807) is 11.3 Å². The van der Waals surface area contributed by atoms with Gasteiger partial charge in [-0.05, 0) is 30.9 Å². The van der Waals surface area contributed by atoms with E-state index in [2.05, 4.69) is 10.2 Å². The lowest BCUT2D eigenvalue weighted by Crippen LogP contribution is -2.36. The zero-order chi connectivity index (χ0) is 18.5. The third kappa shape index (κ3) is 4.16. The summed E-state index contributed by atoms with van der Waals surface area (Å²) >= 11 is 3.08. The van der Waals surface area contributed by atoms with Crippen molar-refractivity contribution in [2.45, 2.75) is 30.8 Å². The Labute approximate surface area is 162 Å². The van der Waals surface area contributed by atoms with Crippen LogP contribution in [0, 0.1) is 0 Å². The van der Waals surface area contributed by atoms with Gasteiger partial charge in [0.25, 0.3) is 0 Å². The molecule has 2 heterocycles. The van der Waals surface area contributed by atoms with Crippen LogP contribution in [0.1, 0.15) is 19.4 Å². The number of aromatic nitrogens is 3. The average molecular weight is 387 g/mol. The Kier molecular flexibility index (Phi) is 6.11.